The largest absolute Gasteiger partial charge is 1.00 e. The van der Waals surface area contributed by atoms with Crippen LogP contribution in [-0.2, 0) is 19.1 Å². The Morgan fingerprint density at radius 1 is 1.02 bits per heavy atom. The van der Waals surface area contributed by atoms with Crippen molar-refractivity contribution in [3.63, 3.8) is 0 Å². The molecule has 15 nitrogen and oxygen atoms in total. The average molecular weight is 743 g/mol. The molecule has 2 aliphatic heterocycles. The van der Waals surface area contributed by atoms with Gasteiger partial charge in [-0.25, -0.2) is 14.2 Å². The zero-order valence-corrected chi connectivity index (χ0v) is 30.5. The first-order valence-electron chi connectivity index (χ1n) is 14.7. The maximum Gasteiger partial charge on any atom is 1.00 e. The summed E-state index contributed by atoms with van der Waals surface area (Å²) in [6.07, 6.45) is -1.11. The van der Waals surface area contributed by atoms with Gasteiger partial charge < -0.3 is 34.4 Å². The number of amides is 3. The van der Waals surface area contributed by atoms with Crippen LogP contribution in [-0.4, -0.2) is 63.6 Å². The number of nitrogens with one attached hydrogen (secondary N) is 2. The Morgan fingerprint density at radius 2 is 1.73 bits per heavy atom. The van der Waals surface area contributed by atoms with Crippen LogP contribution in [0.2, 0.25) is 5.02 Å². The fourth-order valence-corrected chi connectivity index (χ4v) is 7.16. The van der Waals surface area contributed by atoms with Crippen LogP contribution in [0.5, 0.6) is 5.75 Å². The quantitative estimate of drug-likeness (QED) is 0.0930. The third kappa shape index (κ3) is 6.92. The molecule has 4 aromatic rings. The molecule has 256 valence electrons. The van der Waals surface area contributed by atoms with Crippen LogP contribution in [0.1, 0.15) is 28.9 Å². The molecule has 3 aromatic carbocycles. The molecule has 0 radical (unpaired) electrons. The summed E-state index contributed by atoms with van der Waals surface area (Å²) in [6.45, 7) is 1.58. The number of ether oxygens (including phenoxy) is 2. The van der Waals surface area contributed by atoms with E-state index in [-0.39, 0.29) is 68.2 Å². The van der Waals surface area contributed by atoms with Crippen molar-refractivity contribution in [2.24, 2.45) is 0 Å². The van der Waals surface area contributed by atoms with E-state index in [1.54, 1.807) is 37.3 Å². The SMILES string of the molecule is COC(=O)Oc1cccc2c(=O)n(-c3cccc(C(=O)N[C@@H](C(=O)N[C@@H]4C(=O)N5C(C(=O)[O-])=C(C)CS[C@H]45)c4ccccc4)c3Cl)c(=O)oc12.[Na+]. The molecule has 0 spiro atoms. The summed E-state index contributed by atoms with van der Waals surface area (Å²) in [6, 6.07) is 13.6. The number of thioether (sulfide) groups is 1. The third-order valence-corrected chi connectivity index (χ3v) is 9.75. The number of hydrogen-bond donors (Lipinski definition) is 2. The number of rotatable bonds is 8. The van der Waals surface area contributed by atoms with E-state index in [9.17, 15) is 38.7 Å². The molecule has 1 fully saturated rings. The van der Waals surface area contributed by atoms with Gasteiger partial charge in [-0.1, -0.05) is 54.1 Å². The molecular weight excluding hydrogens is 719 g/mol. The Bertz CT molecular complexity index is 2260. The van der Waals surface area contributed by atoms with Gasteiger partial charge in [0.1, 0.15) is 17.5 Å². The van der Waals surface area contributed by atoms with Crippen LogP contribution >= 0.6 is 23.4 Å². The van der Waals surface area contributed by atoms with Crippen molar-refractivity contribution in [2.45, 2.75) is 24.4 Å². The Labute approximate surface area is 318 Å². The van der Waals surface area contributed by atoms with Crippen LogP contribution in [0.3, 0.4) is 0 Å². The molecule has 3 atom stereocenters. The number of methoxy groups -OCH3 is 1. The van der Waals surface area contributed by atoms with Gasteiger partial charge >= 0.3 is 41.5 Å². The molecular formula is C33H24ClN4NaO11S. The molecule has 0 unspecified atom stereocenters. The number of carbonyl (C=O) groups is 5. The van der Waals surface area contributed by atoms with Crippen molar-refractivity contribution in [1.82, 2.24) is 20.1 Å². The van der Waals surface area contributed by atoms with Crippen LogP contribution in [0.25, 0.3) is 16.7 Å². The van der Waals surface area contributed by atoms with Crippen molar-refractivity contribution >= 4 is 64.2 Å². The minimum absolute atomic E-state index is 0. The van der Waals surface area contributed by atoms with Gasteiger partial charge in [0, 0.05) is 5.75 Å². The van der Waals surface area contributed by atoms with Crippen LogP contribution in [0.15, 0.2) is 92.0 Å². The van der Waals surface area contributed by atoms with Gasteiger partial charge in [-0.15, -0.1) is 11.8 Å². The number of halogens is 1. The topological polar surface area (TPSA) is 206 Å². The molecule has 3 amide bonds. The Balaban J connectivity index is 0.00000504. The number of carboxylic acids is 1. The number of aliphatic carboxylic acids is 1. The number of fused-ring (bicyclic) bond motifs is 2. The van der Waals surface area contributed by atoms with Crippen molar-refractivity contribution in [3.05, 3.63) is 115 Å². The summed E-state index contributed by atoms with van der Waals surface area (Å²) >= 11 is 7.90. The van der Waals surface area contributed by atoms with Gasteiger partial charge in [-0.3, -0.25) is 24.1 Å². The fourth-order valence-electron chi connectivity index (χ4n) is 5.57. The van der Waals surface area contributed by atoms with E-state index in [1.165, 1.54) is 48.2 Å². The second-order valence-corrected chi connectivity index (χ2v) is 12.4. The maximum absolute atomic E-state index is 13.7. The standard InChI is InChI=1S/C33H25ClN4O11S.Na/c1-15-14-50-30-23(29(42)38(30)24(15)31(43)44)36-27(40)22(16-8-4-3-5-9-16)35-26(39)17-10-6-12-19(21(17)34)37-28(41)18-11-7-13-20(48-33(46)47-2)25(18)49-32(37)45;/h3-13,22-23,30H,14H2,1-2H3,(H,35,39)(H,36,40)(H,43,44);/q;+1/p-1/t22-,23-,30-;/m1./s1. The zero-order valence-electron chi connectivity index (χ0n) is 27.0. The monoisotopic (exact) mass is 742 g/mol. The van der Waals surface area contributed by atoms with Crippen LogP contribution in [0.4, 0.5) is 4.79 Å². The van der Waals surface area contributed by atoms with Gasteiger partial charge in [0.2, 0.25) is 5.91 Å². The van der Waals surface area contributed by atoms with Gasteiger partial charge in [0.05, 0.1) is 40.4 Å². The molecule has 51 heavy (non-hydrogen) atoms. The number of aromatic nitrogens is 1. The van der Waals surface area contributed by atoms with E-state index >= 15 is 0 Å². The molecule has 2 aliphatic rings. The van der Waals surface area contributed by atoms with Crippen molar-refractivity contribution in [3.8, 4) is 11.4 Å². The second kappa shape index (κ2) is 15.2. The molecule has 1 aromatic heterocycles. The summed E-state index contributed by atoms with van der Waals surface area (Å²) < 4.78 is 15.4. The minimum Gasteiger partial charge on any atom is -0.543 e. The second-order valence-electron chi connectivity index (χ2n) is 11.0. The van der Waals surface area contributed by atoms with E-state index in [0.29, 0.717) is 21.5 Å². The molecule has 2 N–H and O–H groups in total. The molecule has 6 rings (SSSR count). The first kappa shape index (κ1) is 37.4. The third-order valence-electron chi connectivity index (χ3n) is 7.93. The normalized spacial score (nSPS) is 17.0. The molecule has 18 heteroatoms. The van der Waals surface area contributed by atoms with Crippen molar-refractivity contribution < 1.29 is 72.5 Å². The molecule has 0 saturated carbocycles. The maximum atomic E-state index is 13.7. The molecule has 0 bridgehead atoms. The van der Waals surface area contributed by atoms with Crippen LogP contribution < -0.4 is 61.3 Å². The Kier molecular flexibility index (Phi) is 11.1. The summed E-state index contributed by atoms with van der Waals surface area (Å²) in [5, 5.41) is 15.7. The number of hydrogen-bond acceptors (Lipinski definition) is 12. The smallest absolute Gasteiger partial charge is 0.543 e. The van der Waals surface area contributed by atoms with E-state index in [1.807, 2.05) is 0 Å². The Hall–Kier alpha value is -4.87. The predicted octanol–water partition coefficient (Wildman–Crippen LogP) is -1.36. The van der Waals surface area contributed by atoms with Crippen molar-refractivity contribution in [1.29, 1.82) is 0 Å². The first-order valence-corrected chi connectivity index (χ1v) is 16.1. The predicted molar refractivity (Wildman–Crippen MR) is 176 cm³/mol. The molecule has 1 saturated heterocycles. The zero-order chi connectivity index (χ0) is 35.9. The average Bonchev–Trinajstić information content (AvgIpc) is 3.10. The number of carbonyl (C=O) groups excluding carboxylic acids is 5. The van der Waals surface area contributed by atoms with Crippen molar-refractivity contribution in [2.75, 3.05) is 12.9 Å². The van der Waals surface area contributed by atoms with E-state index < -0.39 is 58.6 Å². The number of benzene rings is 3. The van der Waals surface area contributed by atoms with Gasteiger partial charge in [-0.2, -0.15) is 0 Å². The number of β-lactam (4-membered cyclic amide) rings is 1. The van der Waals surface area contributed by atoms with E-state index in [2.05, 4.69) is 15.4 Å². The van der Waals surface area contributed by atoms with Crippen LogP contribution in [0, 0.1) is 0 Å². The minimum atomic E-state index is -1.50. The summed E-state index contributed by atoms with van der Waals surface area (Å²) in [7, 11) is 1.07. The summed E-state index contributed by atoms with van der Waals surface area (Å²) in [4.78, 5) is 91.5. The number of nitrogens with zero attached hydrogens (tertiary/aromatic N) is 2. The van der Waals surface area contributed by atoms with Gasteiger partial charge in [0.15, 0.2) is 11.3 Å². The van der Waals surface area contributed by atoms with E-state index in [4.69, 9.17) is 20.8 Å². The molecule has 3 heterocycles. The molecule has 0 aliphatic carbocycles. The van der Waals surface area contributed by atoms with Gasteiger partial charge in [0.25, 0.3) is 17.4 Å². The first-order chi connectivity index (χ1) is 23.9. The fraction of sp³-hybridized carbons (Fsp3) is 0.182. The van der Waals surface area contributed by atoms with Gasteiger partial charge in [-0.05, 0) is 42.3 Å². The summed E-state index contributed by atoms with van der Waals surface area (Å²) in [5.41, 5.74) is -1.11. The Morgan fingerprint density at radius 3 is 2.41 bits per heavy atom. The number of para-hydroxylation sites is 1. The summed E-state index contributed by atoms with van der Waals surface area (Å²) in [5.74, 6) is -4.95. The van der Waals surface area contributed by atoms with E-state index in [0.717, 1.165) is 12.0 Å². The number of carboxylic acid groups (broad SMARTS) is 1.